The number of carbonyl (C=O) groups is 1. The van der Waals surface area contributed by atoms with Crippen molar-refractivity contribution < 1.29 is 9.53 Å². The first kappa shape index (κ1) is 10.5. The maximum absolute atomic E-state index is 11.3. The summed E-state index contributed by atoms with van der Waals surface area (Å²) in [6, 6.07) is -0.101. The monoisotopic (exact) mass is 186 g/mol. The molecule has 13 heavy (non-hydrogen) atoms. The Morgan fingerprint density at radius 2 is 2.31 bits per heavy atom. The van der Waals surface area contributed by atoms with Crippen LogP contribution in [0.3, 0.4) is 0 Å². The van der Waals surface area contributed by atoms with Gasteiger partial charge in [-0.2, -0.15) is 0 Å². The van der Waals surface area contributed by atoms with Gasteiger partial charge in [0.1, 0.15) is 6.04 Å². The molecule has 0 aliphatic carbocycles. The summed E-state index contributed by atoms with van der Waals surface area (Å²) < 4.78 is 5.07. The van der Waals surface area contributed by atoms with Crippen LogP contribution in [0.2, 0.25) is 0 Å². The van der Waals surface area contributed by atoms with Gasteiger partial charge in [-0.15, -0.1) is 0 Å². The van der Waals surface area contributed by atoms with Crippen LogP contribution in [-0.2, 0) is 9.53 Å². The molecular weight excluding hydrogens is 168 g/mol. The third kappa shape index (κ3) is 2.00. The average Bonchev–Trinajstić information content (AvgIpc) is 2.10. The molecule has 4 nitrogen and oxygen atoms in total. The fourth-order valence-electron chi connectivity index (χ4n) is 1.59. The SMILES string of the molecule is COCC(C(C)C)N1CC(N)C1=O. The number of hydrogen-bond acceptors (Lipinski definition) is 3. The number of likely N-dealkylation sites (tertiary alicyclic amines) is 1. The highest BCUT2D eigenvalue weighted by Gasteiger charge is 2.39. The molecule has 0 radical (unpaired) electrons. The quantitative estimate of drug-likeness (QED) is 0.620. The molecule has 2 atom stereocenters. The summed E-state index contributed by atoms with van der Waals surface area (Å²) in [6.07, 6.45) is 0. The molecule has 1 aliphatic rings. The first-order valence-electron chi connectivity index (χ1n) is 4.63. The van der Waals surface area contributed by atoms with E-state index in [-0.39, 0.29) is 18.0 Å². The van der Waals surface area contributed by atoms with Crippen LogP contribution >= 0.6 is 0 Å². The number of nitrogens with two attached hydrogens (primary N) is 1. The van der Waals surface area contributed by atoms with E-state index < -0.39 is 0 Å². The van der Waals surface area contributed by atoms with E-state index in [9.17, 15) is 4.79 Å². The van der Waals surface area contributed by atoms with E-state index in [1.165, 1.54) is 0 Å². The standard InChI is InChI=1S/C9H18N2O2/c1-6(2)8(5-13-3)11-4-7(10)9(11)12/h6-8H,4-5,10H2,1-3H3. The van der Waals surface area contributed by atoms with Crippen LogP contribution < -0.4 is 5.73 Å². The zero-order chi connectivity index (χ0) is 10.0. The molecule has 0 spiro atoms. The fourth-order valence-corrected chi connectivity index (χ4v) is 1.59. The predicted molar refractivity (Wildman–Crippen MR) is 50.2 cm³/mol. The molecule has 1 rings (SSSR count). The largest absolute Gasteiger partial charge is 0.383 e. The third-order valence-corrected chi connectivity index (χ3v) is 2.50. The topological polar surface area (TPSA) is 55.6 Å². The summed E-state index contributed by atoms with van der Waals surface area (Å²) in [4.78, 5) is 13.1. The molecule has 1 heterocycles. The Morgan fingerprint density at radius 1 is 1.69 bits per heavy atom. The summed E-state index contributed by atoms with van der Waals surface area (Å²) in [6.45, 7) is 5.43. The summed E-state index contributed by atoms with van der Waals surface area (Å²) >= 11 is 0. The molecule has 1 amide bonds. The van der Waals surface area contributed by atoms with Crippen molar-refractivity contribution in [1.82, 2.24) is 4.90 Å². The van der Waals surface area contributed by atoms with Gasteiger partial charge in [0.05, 0.1) is 12.6 Å². The molecule has 4 heteroatoms. The molecule has 0 aromatic rings. The molecule has 1 fully saturated rings. The van der Waals surface area contributed by atoms with Crippen LogP contribution in [0, 0.1) is 5.92 Å². The van der Waals surface area contributed by atoms with Gasteiger partial charge < -0.3 is 15.4 Å². The second-order valence-corrected chi connectivity index (χ2v) is 3.86. The lowest BCUT2D eigenvalue weighted by atomic mass is 9.97. The molecule has 2 N–H and O–H groups in total. The molecule has 76 valence electrons. The van der Waals surface area contributed by atoms with Gasteiger partial charge in [-0.25, -0.2) is 0 Å². The number of ether oxygens (including phenoxy) is 1. The Bertz CT molecular complexity index is 194. The average molecular weight is 186 g/mol. The zero-order valence-corrected chi connectivity index (χ0v) is 8.49. The van der Waals surface area contributed by atoms with Crippen LogP contribution in [0.25, 0.3) is 0 Å². The van der Waals surface area contributed by atoms with Gasteiger partial charge in [-0.3, -0.25) is 4.79 Å². The van der Waals surface area contributed by atoms with Crippen LogP contribution in [0.1, 0.15) is 13.8 Å². The van der Waals surface area contributed by atoms with Crippen molar-refractivity contribution in [3.05, 3.63) is 0 Å². The normalized spacial score (nSPS) is 24.8. The molecule has 2 unspecified atom stereocenters. The molecule has 0 bridgehead atoms. The van der Waals surface area contributed by atoms with Crippen LogP contribution in [0.4, 0.5) is 0 Å². The molecule has 1 aliphatic heterocycles. The van der Waals surface area contributed by atoms with Crippen molar-refractivity contribution in [2.45, 2.75) is 25.9 Å². The third-order valence-electron chi connectivity index (χ3n) is 2.50. The molecule has 0 aromatic carbocycles. The van der Waals surface area contributed by atoms with Crippen LogP contribution in [0.5, 0.6) is 0 Å². The maximum Gasteiger partial charge on any atom is 0.241 e. The number of hydrogen-bond donors (Lipinski definition) is 1. The van der Waals surface area contributed by atoms with Gasteiger partial charge >= 0.3 is 0 Å². The zero-order valence-electron chi connectivity index (χ0n) is 8.49. The minimum absolute atomic E-state index is 0.0516. The highest BCUT2D eigenvalue weighted by Crippen LogP contribution is 2.18. The van der Waals surface area contributed by atoms with E-state index in [4.69, 9.17) is 10.5 Å². The lowest BCUT2D eigenvalue weighted by molar-refractivity contribution is -0.148. The summed E-state index contributed by atoms with van der Waals surface area (Å²) in [7, 11) is 1.65. The number of rotatable bonds is 4. The van der Waals surface area contributed by atoms with Gasteiger partial charge in [0.15, 0.2) is 0 Å². The van der Waals surface area contributed by atoms with Crippen molar-refractivity contribution in [3.63, 3.8) is 0 Å². The Balaban J connectivity index is 2.51. The Morgan fingerprint density at radius 3 is 2.62 bits per heavy atom. The first-order chi connectivity index (χ1) is 6.07. The van der Waals surface area contributed by atoms with E-state index in [1.807, 2.05) is 0 Å². The summed E-state index contributed by atoms with van der Waals surface area (Å²) in [5.41, 5.74) is 5.51. The van der Waals surface area contributed by atoms with Crippen LogP contribution in [0.15, 0.2) is 0 Å². The van der Waals surface area contributed by atoms with E-state index in [2.05, 4.69) is 13.8 Å². The minimum Gasteiger partial charge on any atom is -0.383 e. The van der Waals surface area contributed by atoms with Crippen molar-refractivity contribution in [2.24, 2.45) is 11.7 Å². The Hall–Kier alpha value is -0.610. The minimum atomic E-state index is -0.280. The van der Waals surface area contributed by atoms with E-state index in [0.29, 0.717) is 19.1 Å². The number of methoxy groups -OCH3 is 1. The number of amides is 1. The highest BCUT2D eigenvalue weighted by atomic mass is 16.5. The van der Waals surface area contributed by atoms with E-state index in [1.54, 1.807) is 12.0 Å². The lowest BCUT2D eigenvalue weighted by Gasteiger charge is -2.43. The lowest BCUT2D eigenvalue weighted by Crippen LogP contribution is -2.65. The Kier molecular flexibility index (Phi) is 3.27. The van der Waals surface area contributed by atoms with Crippen LogP contribution in [-0.4, -0.2) is 43.2 Å². The van der Waals surface area contributed by atoms with Crippen molar-refractivity contribution in [3.8, 4) is 0 Å². The Labute approximate surface area is 79.0 Å². The van der Waals surface area contributed by atoms with E-state index >= 15 is 0 Å². The van der Waals surface area contributed by atoms with Gasteiger partial charge in [-0.05, 0) is 5.92 Å². The second-order valence-electron chi connectivity index (χ2n) is 3.86. The molecule has 0 aromatic heterocycles. The number of nitrogens with zero attached hydrogens (tertiary/aromatic N) is 1. The highest BCUT2D eigenvalue weighted by molar-refractivity contribution is 5.88. The fraction of sp³-hybridized carbons (Fsp3) is 0.889. The molecule has 0 saturated carbocycles. The van der Waals surface area contributed by atoms with Crippen molar-refractivity contribution in [2.75, 3.05) is 20.3 Å². The van der Waals surface area contributed by atoms with Gasteiger partial charge in [-0.1, -0.05) is 13.8 Å². The second kappa shape index (κ2) is 4.07. The van der Waals surface area contributed by atoms with Crippen molar-refractivity contribution in [1.29, 1.82) is 0 Å². The first-order valence-corrected chi connectivity index (χ1v) is 4.63. The van der Waals surface area contributed by atoms with Gasteiger partial charge in [0.2, 0.25) is 5.91 Å². The maximum atomic E-state index is 11.3. The molecular formula is C9H18N2O2. The molecule has 1 saturated heterocycles. The number of β-lactam (4-membered cyclic amide) rings is 1. The van der Waals surface area contributed by atoms with Gasteiger partial charge in [0.25, 0.3) is 0 Å². The smallest absolute Gasteiger partial charge is 0.241 e. The number of carbonyl (C=O) groups excluding carboxylic acids is 1. The van der Waals surface area contributed by atoms with Crippen molar-refractivity contribution >= 4 is 5.91 Å². The van der Waals surface area contributed by atoms with Gasteiger partial charge in [0, 0.05) is 13.7 Å². The predicted octanol–water partition coefficient (Wildman–Crippen LogP) is -0.173. The summed E-state index contributed by atoms with van der Waals surface area (Å²) in [5.74, 6) is 0.465. The summed E-state index contributed by atoms with van der Waals surface area (Å²) in [5, 5.41) is 0. The van der Waals surface area contributed by atoms with E-state index in [0.717, 1.165) is 0 Å².